The molecule has 3 N–H and O–H groups in total. The van der Waals surface area contributed by atoms with Gasteiger partial charge in [-0.15, -0.1) is 0 Å². The Morgan fingerprint density at radius 3 is 2.95 bits per heavy atom. The highest BCUT2D eigenvalue weighted by molar-refractivity contribution is 5.75. The van der Waals surface area contributed by atoms with Crippen LogP contribution in [0.4, 0.5) is 0 Å². The number of aliphatic carboxylic acids is 1. The summed E-state index contributed by atoms with van der Waals surface area (Å²) in [4.78, 5) is 11.3. The van der Waals surface area contributed by atoms with Crippen molar-refractivity contribution in [2.24, 2.45) is 17.1 Å². The molecule has 3 heteroatoms. The maximum absolute atomic E-state index is 11.3. The molecule has 102 valence electrons. The molecule has 0 radical (unpaired) electrons. The maximum Gasteiger partial charge on any atom is 0.321 e. The summed E-state index contributed by atoms with van der Waals surface area (Å²) in [5, 5.41) is 9.26. The van der Waals surface area contributed by atoms with Gasteiger partial charge in [-0.3, -0.25) is 4.79 Å². The van der Waals surface area contributed by atoms with E-state index < -0.39 is 12.0 Å². The second-order valence-corrected chi connectivity index (χ2v) is 5.34. The van der Waals surface area contributed by atoms with Gasteiger partial charge >= 0.3 is 5.97 Å². The first-order chi connectivity index (χ1) is 9.65. The molecule has 0 fully saturated rings. The third kappa shape index (κ3) is 1.82. The van der Waals surface area contributed by atoms with E-state index in [1.165, 1.54) is 5.57 Å². The molecule has 3 atom stereocenters. The SMILES string of the molecule is N[C@@H](C(=O)O)C1C=CC=C2C=CC=CC23CC=CC=C13. The fourth-order valence-corrected chi connectivity index (χ4v) is 3.23. The van der Waals surface area contributed by atoms with Gasteiger partial charge in [0.2, 0.25) is 0 Å². The summed E-state index contributed by atoms with van der Waals surface area (Å²) in [6.45, 7) is 0. The molecule has 0 aromatic heterocycles. The van der Waals surface area contributed by atoms with Crippen molar-refractivity contribution in [1.29, 1.82) is 0 Å². The van der Waals surface area contributed by atoms with E-state index in [0.717, 1.165) is 12.0 Å². The van der Waals surface area contributed by atoms with E-state index in [4.69, 9.17) is 5.73 Å². The van der Waals surface area contributed by atoms with Crippen molar-refractivity contribution in [3.63, 3.8) is 0 Å². The summed E-state index contributed by atoms with van der Waals surface area (Å²) < 4.78 is 0. The van der Waals surface area contributed by atoms with E-state index in [-0.39, 0.29) is 11.3 Å². The quantitative estimate of drug-likeness (QED) is 0.808. The standard InChI is InChI=1S/C17H17NO2/c18-15(16(19)20)13-8-5-7-12-6-1-3-10-17(12)11-4-2-9-14(13)17/h1-10,13,15H,11,18H2,(H,19,20)/t13?,15-,17?/m1/s1. The van der Waals surface area contributed by atoms with Crippen LogP contribution in [-0.2, 0) is 4.79 Å². The lowest BCUT2D eigenvalue weighted by atomic mass is 9.63. The molecule has 0 bridgehead atoms. The van der Waals surface area contributed by atoms with E-state index in [9.17, 15) is 9.90 Å². The highest BCUT2D eigenvalue weighted by Gasteiger charge is 2.42. The molecule has 0 aromatic carbocycles. The van der Waals surface area contributed by atoms with Gasteiger partial charge in [0.05, 0.1) is 0 Å². The predicted molar refractivity (Wildman–Crippen MR) is 78.9 cm³/mol. The largest absolute Gasteiger partial charge is 0.480 e. The second-order valence-electron chi connectivity index (χ2n) is 5.34. The Kier molecular flexibility index (Phi) is 3.07. The molecule has 0 heterocycles. The topological polar surface area (TPSA) is 63.3 Å². The van der Waals surface area contributed by atoms with Crippen molar-refractivity contribution >= 4 is 5.97 Å². The van der Waals surface area contributed by atoms with Gasteiger partial charge in [-0.25, -0.2) is 0 Å². The molecule has 1 spiro atoms. The first kappa shape index (κ1) is 12.9. The molecule has 0 aliphatic heterocycles. The third-order valence-electron chi connectivity index (χ3n) is 4.27. The van der Waals surface area contributed by atoms with Crippen molar-refractivity contribution in [3.05, 3.63) is 71.9 Å². The minimum absolute atomic E-state index is 0.245. The van der Waals surface area contributed by atoms with Crippen LogP contribution in [0.15, 0.2) is 71.9 Å². The maximum atomic E-state index is 11.3. The van der Waals surface area contributed by atoms with Gasteiger partial charge in [-0.1, -0.05) is 60.8 Å². The Morgan fingerprint density at radius 2 is 2.15 bits per heavy atom. The average Bonchev–Trinajstić information content (AvgIpc) is 2.62. The summed E-state index contributed by atoms with van der Waals surface area (Å²) >= 11 is 0. The molecule has 3 aliphatic rings. The molecule has 3 aliphatic carbocycles. The molecule has 0 aromatic rings. The van der Waals surface area contributed by atoms with E-state index >= 15 is 0 Å². The van der Waals surface area contributed by atoms with Crippen LogP contribution in [0.3, 0.4) is 0 Å². The summed E-state index contributed by atoms with van der Waals surface area (Å²) in [5.74, 6) is -1.26. The molecule has 3 rings (SSSR count). The van der Waals surface area contributed by atoms with E-state index in [1.54, 1.807) is 0 Å². The van der Waals surface area contributed by atoms with Crippen LogP contribution in [-0.4, -0.2) is 17.1 Å². The van der Waals surface area contributed by atoms with Crippen LogP contribution < -0.4 is 5.73 Å². The van der Waals surface area contributed by atoms with Crippen LogP contribution in [0, 0.1) is 11.3 Å². The fourth-order valence-electron chi connectivity index (χ4n) is 3.23. The molecule has 20 heavy (non-hydrogen) atoms. The van der Waals surface area contributed by atoms with Gasteiger partial charge < -0.3 is 10.8 Å². The summed E-state index contributed by atoms with van der Waals surface area (Å²) in [6.07, 6.45) is 21.1. The molecule has 0 saturated heterocycles. The van der Waals surface area contributed by atoms with Crippen molar-refractivity contribution in [2.45, 2.75) is 12.5 Å². The number of carbonyl (C=O) groups is 1. The highest BCUT2D eigenvalue weighted by Crippen LogP contribution is 2.50. The van der Waals surface area contributed by atoms with Gasteiger partial charge in [-0.2, -0.15) is 0 Å². The number of rotatable bonds is 2. The highest BCUT2D eigenvalue weighted by atomic mass is 16.4. The Labute approximate surface area is 118 Å². The smallest absolute Gasteiger partial charge is 0.321 e. The molecule has 0 saturated carbocycles. The minimum Gasteiger partial charge on any atom is -0.480 e. The third-order valence-corrected chi connectivity index (χ3v) is 4.27. The number of carboxylic acid groups (broad SMARTS) is 1. The van der Waals surface area contributed by atoms with Crippen molar-refractivity contribution in [2.75, 3.05) is 0 Å². The lowest BCUT2D eigenvalue weighted by molar-refractivity contribution is -0.139. The molecule has 3 nitrogen and oxygen atoms in total. The Balaban J connectivity index is 2.13. The Morgan fingerprint density at radius 1 is 1.30 bits per heavy atom. The van der Waals surface area contributed by atoms with Crippen LogP contribution in [0.25, 0.3) is 0 Å². The summed E-state index contributed by atoms with van der Waals surface area (Å²) in [7, 11) is 0. The van der Waals surface area contributed by atoms with Crippen LogP contribution in [0.1, 0.15) is 6.42 Å². The second kappa shape index (κ2) is 4.76. The van der Waals surface area contributed by atoms with Gasteiger partial charge in [-0.05, 0) is 17.6 Å². The first-order valence-corrected chi connectivity index (χ1v) is 6.75. The van der Waals surface area contributed by atoms with E-state index in [2.05, 4.69) is 24.3 Å². The van der Waals surface area contributed by atoms with Crippen LogP contribution in [0.2, 0.25) is 0 Å². The number of nitrogens with two attached hydrogens (primary N) is 1. The van der Waals surface area contributed by atoms with Crippen LogP contribution in [0.5, 0.6) is 0 Å². The van der Waals surface area contributed by atoms with Crippen LogP contribution >= 0.6 is 0 Å². The molecule has 2 unspecified atom stereocenters. The van der Waals surface area contributed by atoms with Gasteiger partial charge in [0.15, 0.2) is 0 Å². The van der Waals surface area contributed by atoms with Crippen molar-refractivity contribution < 1.29 is 9.90 Å². The molecular formula is C17H17NO2. The normalized spacial score (nSPS) is 31.8. The van der Waals surface area contributed by atoms with E-state index in [0.29, 0.717) is 0 Å². The fraction of sp³-hybridized carbons (Fsp3) is 0.235. The zero-order valence-electron chi connectivity index (χ0n) is 11.1. The molecule has 0 amide bonds. The Bertz CT molecular complexity index is 619. The van der Waals surface area contributed by atoms with Gasteiger partial charge in [0.25, 0.3) is 0 Å². The number of hydrogen-bond acceptors (Lipinski definition) is 2. The predicted octanol–water partition coefficient (Wildman–Crippen LogP) is 2.51. The minimum atomic E-state index is -0.968. The lowest BCUT2D eigenvalue weighted by Gasteiger charge is -2.40. The zero-order chi connectivity index (χ0) is 14.2. The monoisotopic (exact) mass is 267 g/mol. The van der Waals surface area contributed by atoms with Gasteiger partial charge in [0, 0.05) is 11.3 Å². The van der Waals surface area contributed by atoms with Gasteiger partial charge in [0.1, 0.15) is 6.04 Å². The number of hydrogen-bond donors (Lipinski definition) is 2. The summed E-state index contributed by atoms with van der Waals surface area (Å²) in [5.41, 5.74) is 7.91. The summed E-state index contributed by atoms with van der Waals surface area (Å²) in [6, 6.07) is -0.923. The zero-order valence-corrected chi connectivity index (χ0v) is 11.1. The van der Waals surface area contributed by atoms with Crippen molar-refractivity contribution in [3.8, 4) is 0 Å². The average molecular weight is 267 g/mol. The van der Waals surface area contributed by atoms with Crippen molar-refractivity contribution in [1.82, 2.24) is 0 Å². The number of carboxylic acids is 1. The van der Waals surface area contributed by atoms with E-state index in [1.807, 2.05) is 36.5 Å². The lowest BCUT2D eigenvalue weighted by Crippen LogP contribution is -2.42. The Hall–Kier alpha value is -2.13. The first-order valence-electron chi connectivity index (χ1n) is 6.75. The number of allylic oxidation sites excluding steroid dienone is 10. The molecular weight excluding hydrogens is 250 g/mol.